The van der Waals surface area contributed by atoms with E-state index in [1.807, 2.05) is 6.92 Å². The lowest BCUT2D eigenvalue weighted by atomic mass is 9.65. The molecule has 2 aliphatic rings. The van der Waals surface area contributed by atoms with Gasteiger partial charge in [0, 0.05) is 44.2 Å². The Morgan fingerprint density at radius 2 is 2.00 bits per heavy atom. The average Bonchev–Trinajstić information content (AvgIpc) is 2.38. The molecule has 2 atom stereocenters. The minimum Gasteiger partial charge on any atom is -0.378 e. The molecule has 2 unspecified atom stereocenters. The third kappa shape index (κ3) is 3.11. The van der Waals surface area contributed by atoms with Gasteiger partial charge in [-0.1, -0.05) is 13.8 Å². The van der Waals surface area contributed by atoms with Crippen LogP contribution in [-0.2, 0) is 14.9 Å². The SMILES string of the molecule is CCOC1CC(NS(=O)(=O)N2CCNCC2)C1(C)C. The summed E-state index contributed by atoms with van der Waals surface area (Å²) in [7, 11) is -3.37. The van der Waals surface area contributed by atoms with Gasteiger partial charge < -0.3 is 10.1 Å². The molecule has 0 amide bonds. The standard InChI is InChI=1S/C12H25N3O3S/c1-4-18-11-9-10(12(11,2)3)14-19(16,17)15-7-5-13-6-8-15/h10-11,13-14H,4-9H2,1-3H3. The van der Waals surface area contributed by atoms with Crippen molar-refractivity contribution in [2.75, 3.05) is 32.8 Å². The van der Waals surface area contributed by atoms with Crippen molar-refractivity contribution < 1.29 is 13.2 Å². The molecular formula is C12H25N3O3S. The van der Waals surface area contributed by atoms with E-state index in [0.717, 1.165) is 19.5 Å². The van der Waals surface area contributed by atoms with E-state index >= 15 is 0 Å². The minimum atomic E-state index is -3.37. The summed E-state index contributed by atoms with van der Waals surface area (Å²) in [6, 6.07) is -0.0380. The van der Waals surface area contributed by atoms with Crippen LogP contribution in [0.2, 0.25) is 0 Å². The highest BCUT2D eigenvalue weighted by Crippen LogP contribution is 2.43. The summed E-state index contributed by atoms with van der Waals surface area (Å²) >= 11 is 0. The van der Waals surface area contributed by atoms with Gasteiger partial charge in [0.1, 0.15) is 0 Å². The largest absolute Gasteiger partial charge is 0.378 e. The van der Waals surface area contributed by atoms with Crippen LogP contribution in [0.15, 0.2) is 0 Å². The van der Waals surface area contributed by atoms with Crippen molar-refractivity contribution in [1.29, 1.82) is 0 Å². The quantitative estimate of drug-likeness (QED) is 0.744. The Labute approximate surface area is 116 Å². The third-order valence-electron chi connectivity index (χ3n) is 4.25. The first kappa shape index (κ1) is 15.2. The zero-order valence-corrected chi connectivity index (χ0v) is 12.8. The highest BCUT2D eigenvalue weighted by atomic mass is 32.2. The zero-order valence-electron chi connectivity index (χ0n) is 12.0. The Morgan fingerprint density at radius 3 is 2.53 bits per heavy atom. The van der Waals surface area contributed by atoms with E-state index in [1.165, 1.54) is 4.31 Å². The molecule has 2 N–H and O–H groups in total. The number of ether oxygens (including phenoxy) is 1. The second kappa shape index (κ2) is 5.65. The lowest BCUT2D eigenvalue weighted by Crippen LogP contribution is -2.64. The van der Waals surface area contributed by atoms with Crippen LogP contribution in [-0.4, -0.2) is 57.7 Å². The van der Waals surface area contributed by atoms with Crippen molar-refractivity contribution in [3.05, 3.63) is 0 Å². The van der Waals surface area contributed by atoms with E-state index in [-0.39, 0.29) is 17.6 Å². The lowest BCUT2D eigenvalue weighted by Gasteiger charge is -2.51. The van der Waals surface area contributed by atoms with Crippen LogP contribution in [0.5, 0.6) is 0 Å². The Bertz CT molecular complexity index is 404. The fourth-order valence-corrected chi connectivity index (χ4v) is 4.28. The van der Waals surface area contributed by atoms with Crippen molar-refractivity contribution in [2.45, 2.75) is 39.3 Å². The van der Waals surface area contributed by atoms with Gasteiger partial charge in [-0.05, 0) is 13.3 Å². The molecule has 0 radical (unpaired) electrons. The highest BCUT2D eigenvalue weighted by molar-refractivity contribution is 7.87. The van der Waals surface area contributed by atoms with Gasteiger partial charge in [-0.25, -0.2) is 0 Å². The highest BCUT2D eigenvalue weighted by Gasteiger charge is 2.50. The molecule has 0 spiro atoms. The van der Waals surface area contributed by atoms with Crippen LogP contribution in [0.3, 0.4) is 0 Å². The molecule has 1 heterocycles. The summed E-state index contributed by atoms with van der Waals surface area (Å²) < 4.78 is 34.6. The molecule has 7 heteroatoms. The third-order valence-corrected chi connectivity index (χ3v) is 5.88. The molecule has 1 saturated heterocycles. The monoisotopic (exact) mass is 291 g/mol. The first-order chi connectivity index (χ1) is 8.88. The molecule has 19 heavy (non-hydrogen) atoms. The number of nitrogens with one attached hydrogen (secondary N) is 2. The minimum absolute atomic E-state index is 0.0380. The van der Waals surface area contributed by atoms with E-state index in [0.29, 0.717) is 19.7 Å². The molecule has 2 rings (SSSR count). The van der Waals surface area contributed by atoms with Crippen molar-refractivity contribution in [1.82, 2.24) is 14.3 Å². The molecule has 6 nitrogen and oxygen atoms in total. The summed E-state index contributed by atoms with van der Waals surface area (Å²) in [4.78, 5) is 0. The Morgan fingerprint density at radius 1 is 1.37 bits per heavy atom. The second-order valence-corrected chi connectivity index (χ2v) is 7.53. The average molecular weight is 291 g/mol. The Balaban J connectivity index is 1.94. The van der Waals surface area contributed by atoms with E-state index < -0.39 is 10.2 Å². The first-order valence-corrected chi connectivity index (χ1v) is 8.41. The fourth-order valence-electron chi connectivity index (χ4n) is 2.71. The van der Waals surface area contributed by atoms with Crippen LogP contribution >= 0.6 is 0 Å². The predicted molar refractivity (Wildman–Crippen MR) is 74.1 cm³/mol. The number of nitrogens with zero attached hydrogens (tertiary/aromatic N) is 1. The van der Waals surface area contributed by atoms with Gasteiger partial charge in [0.2, 0.25) is 0 Å². The summed E-state index contributed by atoms with van der Waals surface area (Å²) in [5, 5.41) is 3.15. The number of piperazine rings is 1. The Kier molecular flexibility index (Phi) is 4.52. The maximum absolute atomic E-state index is 12.3. The van der Waals surface area contributed by atoms with Crippen molar-refractivity contribution in [3.63, 3.8) is 0 Å². The zero-order chi connectivity index (χ0) is 14.1. The molecule has 0 aromatic heterocycles. The van der Waals surface area contributed by atoms with Crippen molar-refractivity contribution in [3.8, 4) is 0 Å². The maximum atomic E-state index is 12.3. The number of rotatable bonds is 5. The van der Waals surface area contributed by atoms with Gasteiger partial charge in [-0.3, -0.25) is 0 Å². The topological polar surface area (TPSA) is 70.7 Å². The van der Waals surface area contributed by atoms with Gasteiger partial charge in [-0.2, -0.15) is 17.4 Å². The Hall–Kier alpha value is -0.210. The molecule has 0 aromatic carbocycles. The molecule has 0 aromatic rings. The van der Waals surface area contributed by atoms with Crippen LogP contribution in [0.4, 0.5) is 0 Å². The van der Waals surface area contributed by atoms with Gasteiger partial charge in [0.05, 0.1) is 6.10 Å². The summed E-state index contributed by atoms with van der Waals surface area (Å²) in [5.74, 6) is 0. The van der Waals surface area contributed by atoms with Crippen molar-refractivity contribution in [2.24, 2.45) is 5.41 Å². The summed E-state index contributed by atoms with van der Waals surface area (Å²) in [6.07, 6.45) is 0.903. The number of hydrogen-bond donors (Lipinski definition) is 2. The van der Waals surface area contributed by atoms with E-state index in [4.69, 9.17) is 4.74 Å². The van der Waals surface area contributed by atoms with Gasteiger partial charge >= 0.3 is 0 Å². The van der Waals surface area contributed by atoms with Gasteiger partial charge in [0.15, 0.2) is 0 Å². The molecule has 2 fully saturated rings. The summed E-state index contributed by atoms with van der Waals surface area (Å²) in [5.41, 5.74) is -0.142. The van der Waals surface area contributed by atoms with Crippen LogP contribution in [0.1, 0.15) is 27.2 Å². The predicted octanol–water partition coefficient (Wildman–Crippen LogP) is -0.0704. The van der Waals surface area contributed by atoms with E-state index in [1.54, 1.807) is 0 Å². The van der Waals surface area contributed by atoms with Gasteiger partial charge in [0.25, 0.3) is 10.2 Å². The van der Waals surface area contributed by atoms with Gasteiger partial charge in [-0.15, -0.1) is 0 Å². The lowest BCUT2D eigenvalue weighted by molar-refractivity contribution is -0.108. The molecule has 1 aliphatic heterocycles. The molecule has 1 aliphatic carbocycles. The number of hydrogen-bond acceptors (Lipinski definition) is 4. The normalized spacial score (nSPS) is 31.9. The summed E-state index contributed by atoms with van der Waals surface area (Å²) in [6.45, 7) is 9.27. The fraction of sp³-hybridized carbons (Fsp3) is 1.00. The van der Waals surface area contributed by atoms with Crippen LogP contribution in [0.25, 0.3) is 0 Å². The molecular weight excluding hydrogens is 266 g/mol. The maximum Gasteiger partial charge on any atom is 0.279 e. The molecule has 0 bridgehead atoms. The second-order valence-electron chi connectivity index (χ2n) is 5.83. The van der Waals surface area contributed by atoms with Crippen LogP contribution in [0, 0.1) is 5.41 Å². The van der Waals surface area contributed by atoms with Crippen molar-refractivity contribution >= 4 is 10.2 Å². The molecule has 112 valence electrons. The van der Waals surface area contributed by atoms with E-state index in [9.17, 15) is 8.42 Å². The van der Waals surface area contributed by atoms with Crippen LogP contribution < -0.4 is 10.0 Å². The molecule has 1 saturated carbocycles. The first-order valence-electron chi connectivity index (χ1n) is 6.97. The smallest absolute Gasteiger partial charge is 0.279 e. The van der Waals surface area contributed by atoms with E-state index in [2.05, 4.69) is 23.9 Å².